The van der Waals surface area contributed by atoms with Gasteiger partial charge in [0.05, 0.1) is 6.54 Å². The molecule has 1 aromatic rings. The zero-order chi connectivity index (χ0) is 11.5. The van der Waals surface area contributed by atoms with E-state index in [1.54, 1.807) is 0 Å². The predicted molar refractivity (Wildman–Crippen MR) is 65.4 cm³/mol. The van der Waals surface area contributed by atoms with Gasteiger partial charge in [0.15, 0.2) is 0 Å². The molecule has 4 nitrogen and oxygen atoms in total. The van der Waals surface area contributed by atoms with Crippen LogP contribution in [0.4, 0.5) is 5.82 Å². The van der Waals surface area contributed by atoms with E-state index in [2.05, 4.69) is 27.1 Å². The lowest BCUT2D eigenvalue weighted by Gasteiger charge is -2.14. The minimum atomic E-state index is 0.813. The molecular weight excluding hydrogens is 200 g/mol. The first-order valence-electron chi connectivity index (χ1n) is 5.92. The lowest BCUT2D eigenvalue weighted by molar-refractivity contribution is 0.312. The van der Waals surface area contributed by atoms with Crippen molar-refractivity contribution in [2.24, 2.45) is 5.92 Å². The van der Waals surface area contributed by atoms with Gasteiger partial charge in [-0.2, -0.15) is 0 Å². The summed E-state index contributed by atoms with van der Waals surface area (Å²) in [6.07, 6.45) is 1.30. The van der Waals surface area contributed by atoms with Crippen LogP contribution in [0.5, 0.6) is 0 Å². The minimum absolute atomic E-state index is 0.813. The van der Waals surface area contributed by atoms with Gasteiger partial charge in [0.1, 0.15) is 11.6 Å². The van der Waals surface area contributed by atoms with Crippen molar-refractivity contribution in [3.8, 4) is 0 Å². The molecule has 0 saturated carbocycles. The van der Waals surface area contributed by atoms with Gasteiger partial charge in [0.2, 0.25) is 0 Å². The van der Waals surface area contributed by atoms with E-state index in [0.29, 0.717) is 0 Å². The molecule has 1 N–H and O–H groups in total. The Labute approximate surface area is 97.1 Å². The zero-order valence-electron chi connectivity index (χ0n) is 10.3. The Morgan fingerprint density at radius 1 is 1.50 bits per heavy atom. The van der Waals surface area contributed by atoms with Gasteiger partial charge < -0.3 is 5.32 Å². The van der Waals surface area contributed by atoms with Gasteiger partial charge in [0, 0.05) is 25.4 Å². The van der Waals surface area contributed by atoms with Crippen LogP contribution in [0.3, 0.4) is 0 Å². The molecule has 0 bridgehead atoms. The van der Waals surface area contributed by atoms with Crippen LogP contribution in [0.2, 0.25) is 0 Å². The predicted octanol–water partition coefficient (Wildman–Crippen LogP) is 1.67. The molecule has 0 aromatic carbocycles. The zero-order valence-corrected chi connectivity index (χ0v) is 10.3. The second-order valence-electron chi connectivity index (χ2n) is 4.69. The summed E-state index contributed by atoms with van der Waals surface area (Å²) in [5.41, 5.74) is 1.03. The van der Waals surface area contributed by atoms with E-state index in [9.17, 15) is 0 Å². The molecule has 1 aromatic heterocycles. The maximum absolute atomic E-state index is 4.48. The van der Waals surface area contributed by atoms with E-state index in [-0.39, 0.29) is 0 Å². The highest BCUT2D eigenvalue weighted by molar-refractivity contribution is 5.34. The van der Waals surface area contributed by atoms with Crippen molar-refractivity contribution in [2.75, 3.05) is 25.5 Å². The number of likely N-dealkylation sites (tertiary alicyclic amines) is 1. The van der Waals surface area contributed by atoms with Crippen molar-refractivity contribution >= 4 is 5.82 Å². The third-order valence-electron chi connectivity index (χ3n) is 3.03. The molecule has 1 aliphatic rings. The van der Waals surface area contributed by atoms with E-state index < -0.39 is 0 Å². The summed E-state index contributed by atoms with van der Waals surface area (Å²) in [4.78, 5) is 11.4. The highest BCUT2D eigenvalue weighted by Crippen LogP contribution is 2.17. The van der Waals surface area contributed by atoms with E-state index in [1.165, 1.54) is 19.5 Å². The fraction of sp³-hybridized carbons (Fsp3) is 0.667. The normalized spacial score (nSPS) is 21.3. The molecule has 1 aliphatic heterocycles. The van der Waals surface area contributed by atoms with E-state index in [4.69, 9.17) is 0 Å². The molecule has 2 rings (SSSR count). The second-order valence-corrected chi connectivity index (χ2v) is 4.69. The first kappa shape index (κ1) is 11.3. The average Bonchev–Trinajstić information content (AvgIpc) is 2.63. The van der Waals surface area contributed by atoms with E-state index >= 15 is 0 Å². The molecule has 0 amide bonds. The van der Waals surface area contributed by atoms with Crippen LogP contribution in [-0.4, -0.2) is 35.0 Å². The van der Waals surface area contributed by atoms with Crippen molar-refractivity contribution in [2.45, 2.75) is 26.8 Å². The Bertz CT molecular complexity index is 364. The lowest BCUT2D eigenvalue weighted by Crippen LogP contribution is -2.21. The summed E-state index contributed by atoms with van der Waals surface area (Å²) in [5, 5.41) is 3.07. The monoisotopic (exact) mass is 220 g/mol. The topological polar surface area (TPSA) is 41.1 Å². The summed E-state index contributed by atoms with van der Waals surface area (Å²) >= 11 is 0. The number of hydrogen-bond donors (Lipinski definition) is 1. The largest absolute Gasteiger partial charge is 0.373 e. The number of nitrogens with zero attached hydrogens (tertiary/aromatic N) is 3. The van der Waals surface area contributed by atoms with Crippen molar-refractivity contribution in [1.82, 2.24) is 14.9 Å². The molecule has 0 radical (unpaired) electrons. The smallest absolute Gasteiger partial charge is 0.144 e. The minimum Gasteiger partial charge on any atom is -0.373 e. The van der Waals surface area contributed by atoms with Crippen LogP contribution in [0.15, 0.2) is 6.07 Å². The van der Waals surface area contributed by atoms with Crippen molar-refractivity contribution in [3.63, 3.8) is 0 Å². The Morgan fingerprint density at radius 2 is 2.31 bits per heavy atom. The van der Waals surface area contributed by atoms with Gasteiger partial charge in [-0.15, -0.1) is 0 Å². The molecule has 1 fully saturated rings. The number of aromatic nitrogens is 2. The summed E-state index contributed by atoms with van der Waals surface area (Å²) in [6.45, 7) is 7.54. The fourth-order valence-corrected chi connectivity index (χ4v) is 2.20. The third-order valence-corrected chi connectivity index (χ3v) is 3.03. The van der Waals surface area contributed by atoms with Gasteiger partial charge in [-0.1, -0.05) is 6.92 Å². The highest BCUT2D eigenvalue weighted by Gasteiger charge is 2.19. The van der Waals surface area contributed by atoms with Gasteiger partial charge in [0.25, 0.3) is 0 Å². The number of anilines is 1. The van der Waals surface area contributed by atoms with E-state index in [1.807, 2.05) is 20.0 Å². The fourth-order valence-electron chi connectivity index (χ4n) is 2.20. The van der Waals surface area contributed by atoms with Gasteiger partial charge in [-0.25, -0.2) is 9.97 Å². The third kappa shape index (κ3) is 2.70. The molecule has 1 atom stereocenters. The van der Waals surface area contributed by atoms with Crippen molar-refractivity contribution in [1.29, 1.82) is 0 Å². The first-order valence-corrected chi connectivity index (χ1v) is 5.92. The maximum Gasteiger partial charge on any atom is 0.144 e. The number of rotatable bonds is 3. The standard InChI is InChI=1S/C12H20N4/c1-9-4-5-16(7-9)8-12-14-10(2)6-11(13-3)15-12/h6,9H,4-5,7-8H2,1-3H3,(H,13,14,15). The molecule has 4 heteroatoms. The Balaban J connectivity index is 2.06. The molecule has 2 heterocycles. The number of aryl methyl sites for hydroxylation is 1. The molecule has 1 unspecified atom stereocenters. The number of nitrogens with one attached hydrogen (secondary N) is 1. The highest BCUT2D eigenvalue weighted by atomic mass is 15.2. The van der Waals surface area contributed by atoms with Crippen LogP contribution >= 0.6 is 0 Å². The van der Waals surface area contributed by atoms with Crippen LogP contribution < -0.4 is 5.32 Å². The molecule has 1 saturated heterocycles. The lowest BCUT2D eigenvalue weighted by atomic mass is 10.2. The van der Waals surface area contributed by atoms with Gasteiger partial charge in [-0.05, 0) is 25.8 Å². The summed E-state index contributed by atoms with van der Waals surface area (Å²) < 4.78 is 0. The summed E-state index contributed by atoms with van der Waals surface area (Å²) in [6, 6.07) is 1.97. The van der Waals surface area contributed by atoms with Crippen LogP contribution in [0, 0.1) is 12.8 Å². The van der Waals surface area contributed by atoms with Crippen molar-refractivity contribution < 1.29 is 0 Å². The molecular formula is C12H20N4. The van der Waals surface area contributed by atoms with Gasteiger partial charge >= 0.3 is 0 Å². The number of hydrogen-bond acceptors (Lipinski definition) is 4. The Hall–Kier alpha value is -1.16. The quantitative estimate of drug-likeness (QED) is 0.841. The molecule has 88 valence electrons. The van der Waals surface area contributed by atoms with E-state index in [0.717, 1.165) is 29.8 Å². The van der Waals surface area contributed by atoms with Crippen molar-refractivity contribution in [3.05, 3.63) is 17.6 Å². The SMILES string of the molecule is CNc1cc(C)nc(CN2CCC(C)C2)n1. The Kier molecular flexibility index (Phi) is 3.39. The van der Waals surface area contributed by atoms with Crippen LogP contribution in [0.1, 0.15) is 24.9 Å². The molecule has 0 spiro atoms. The van der Waals surface area contributed by atoms with Crippen LogP contribution in [-0.2, 0) is 6.54 Å². The van der Waals surface area contributed by atoms with Crippen LogP contribution in [0.25, 0.3) is 0 Å². The van der Waals surface area contributed by atoms with Gasteiger partial charge in [-0.3, -0.25) is 4.90 Å². The maximum atomic E-state index is 4.48. The summed E-state index contributed by atoms with van der Waals surface area (Å²) in [7, 11) is 1.89. The molecule has 0 aliphatic carbocycles. The first-order chi connectivity index (χ1) is 7.67. The Morgan fingerprint density at radius 3 is 2.94 bits per heavy atom. The second kappa shape index (κ2) is 4.78. The molecule has 16 heavy (non-hydrogen) atoms. The average molecular weight is 220 g/mol. The summed E-state index contributed by atoms with van der Waals surface area (Å²) in [5.74, 6) is 2.65.